The Labute approximate surface area is 184 Å². The van der Waals surface area contributed by atoms with Gasteiger partial charge in [-0.15, -0.1) is 23.2 Å². The number of hydrogen-bond acceptors (Lipinski definition) is 6. The van der Waals surface area contributed by atoms with Crippen molar-refractivity contribution >= 4 is 35.0 Å². The molecule has 2 amide bonds. The SMILES string of the molecule is CN1C(=O)C2(Cl)CC3C(=CCn4c(=O)n(C)c(=O)n43)C(c3ccc(CO)o3)C2(Cl)C1=O. The fraction of sp³-hybridized carbons (Fsp3) is 0.474. The van der Waals surface area contributed by atoms with Gasteiger partial charge in [0.25, 0.3) is 11.8 Å². The molecule has 2 fully saturated rings. The molecule has 0 radical (unpaired) electrons. The molecule has 1 aliphatic carbocycles. The molecule has 2 aromatic rings. The number of fused-ring (bicyclic) bond motifs is 4. The highest BCUT2D eigenvalue weighted by atomic mass is 35.5. The molecule has 4 atom stereocenters. The summed E-state index contributed by atoms with van der Waals surface area (Å²) < 4.78 is 9.23. The summed E-state index contributed by atoms with van der Waals surface area (Å²) >= 11 is 13.8. The van der Waals surface area contributed by atoms with E-state index in [0.717, 1.165) is 9.47 Å². The van der Waals surface area contributed by atoms with E-state index in [4.69, 9.17) is 27.6 Å². The Kier molecular flexibility index (Phi) is 4.10. The summed E-state index contributed by atoms with van der Waals surface area (Å²) in [4.78, 5) is 48.8. The molecule has 3 aliphatic rings. The predicted octanol–water partition coefficient (Wildman–Crippen LogP) is 0.0562. The van der Waals surface area contributed by atoms with Gasteiger partial charge in [-0.05, 0) is 17.7 Å². The third-order valence-corrected chi connectivity index (χ3v) is 8.01. The van der Waals surface area contributed by atoms with Gasteiger partial charge >= 0.3 is 11.4 Å². The number of alkyl halides is 2. The minimum atomic E-state index is -1.91. The van der Waals surface area contributed by atoms with Crippen molar-refractivity contribution in [2.75, 3.05) is 7.05 Å². The lowest BCUT2D eigenvalue weighted by Crippen LogP contribution is -2.59. The Bertz CT molecular complexity index is 1300. The van der Waals surface area contributed by atoms with E-state index in [2.05, 4.69) is 0 Å². The van der Waals surface area contributed by atoms with Crippen molar-refractivity contribution in [2.24, 2.45) is 7.05 Å². The minimum Gasteiger partial charge on any atom is -0.463 e. The number of allylic oxidation sites excluding steroid dienone is 2. The summed E-state index contributed by atoms with van der Waals surface area (Å²) in [6.07, 6.45) is 1.56. The molecule has 2 aromatic heterocycles. The van der Waals surface area contributed by atoms with Crippen LogP contribution in [0.2, 0.25) is 0 Å². The number of imide groups is 1. The van der Waals surface area contributed by atoms with Crippen molar-refractivity contribution in [3.63, 3.8) is 0 Å². The van der Waals surface area contributed by atoms with Gasteiger partial charge in [-0.1, -0.05) is 6.08 Å². The number of carbonyl (C=O) groups excluding carboxylic acids is 2. The number of hydrogen-bond donors (Lipinski definition) is 1. The molecule has 1 N–H and O–H groups in total. The van der Waals surface area contributed by atoms with E-state index in [1.165, 1.54) is 29.5 Å². The van der Waals surface area contributed by atoms with Gasteiger partial charge < -0.3 is 9.52 Å². The first kappa shape index (κ1) is 20.3. The quantitative estimate of drug-likeness (QED) is 0.377. The van der Waals surface area contributed by atoms with Crippen LogP contribution in [0.3, 0.4) is 0 Å². The molecular formula is C19H18Cl2N4O6. The Balaban J connectivity index is 1.80. The third-order valence-electron chi connectivity index (χ3n) is 6.60. The lowest BCUT2D eigenvalue weighted by Gasteiger charge is -2.48. The highest BCUT2D eigenvalue weighted by Gasteiger charge is 2.75. The molecule has 0 bridgehead atoms. The molecule has 164 valence electrons. The lowest BCUT2D eigenvalue weighted by atomic mass is 9.65. The summed E-state index contributed by atoms with van der Waals surface area (Å²) in [5.41, 5.74) is -0.522. The summed E-state index contributed by atoms with van der Waals surface area (Å²) in [5.74, 6) is -1.88. The van der Waals surface area contributed by atoms with Gasteiger partial charge in [-0.3, -0.25) is 14.5 Å². The van der Waals surface area contributed by atoms with E-state index >= 15 is 0 Å². The van der Waals surface area contributed by atoms with Crippen LogP contribution in [0.15, 0.2) is 37.8 Å². The minimum absolute atomic E-state index is 0.0744. The Morgan fingerprint density at radius 1 is 1.13 bits per heavy atom. The zero-order valence-electron chi connectivity index (χ0n) is 16.5. The summed E-state index contributed by atoms with van der Waals surface area (Å²) in [5, 5.41) is 9.44. The monoisotopic (exact) mass is 468 g/mol. The molecule has 4 unspecified atom stereocenters. The van der Waals surface area contributed by atoms with Gasteiger partial charge in [0, 0.05) is 20.5 Å². The maximum atomic E-state index is 13.2. The topological polar surface area (TPSA) is 120 Å². The molecule has 4 heterocycles. The van der Waals surface area contributed by atoms with E-state index in [1.807, 2.05) is 0 Å². The number of aliphatic hydroxyl groups excluding tert-OH is 1. The average molecular weight is 469 g/mol. The average Bonchev–Trinajstić information content (AvgIpc) is 3.35. The first-order chi connectivity index (χ1) is 14.6. The number of carbonyl (C=O) groups is 2. The Morgan fingerprint density at radius 3 is 2.48 bits per heavy atom. The summed E-state index contributed by atoms with van der Waals surface area (Å²) in [6, 6.07) is 2.30. The van der Waals surface area contributed by atoms with Crippen molar-refractivity contribution in [3.05, 3.63) is 56.3 Å². The standard InChI is InChI=1S/C19H18Cl2N4O6/c1-22-14(27)18(20)7-11-10(5-6-24-16(29)23(2)17(30)25(11)24)13(19(18,21)15(22)28)12-4-3-9(8-26)31-12/h3-5,11,13,26H,6-8H2,1-2H3. The third kappa shape index (κ3) is 2.22. The molecular weight excluding hydrogens is 451 g/mol. The summed E-state index contributed by atoms with van der Waals surface area (Å²) in [7, 11) is 2.67. The van der Waals surface area contributed by atoms with E-state index in [-0.39, 0.29) is 31.1 Å². The van der Waals surface area contributed by atoms with Crippen molar-refractivity contribution < 1.29 is 19.1 Å². The van der Waals surface area contributed by atoms with Gasteiger partial charge in [0.1, 0.15) is 18.1 Å². The highest BCUT2D eigenvalue weighted by molar-refractivity contribution is 6.53. The van der Waals surface area contributed by atoms with Crippen molar-refractivity contribution in [1.29, 1.82) is 0 Å². The van der Waals surface area contributed by atoms with Crippen LogP contribution in [0.5, 0.6) is 0 Å². The summed E-state index contributed by atoms with van der Waals surface area (Å²) in [6.45, 7) is -0.300. The molecule has 12 heteroatoms. The first-order valence-electron chi connectivity index (χ1n) is 9.56. The number of amides is 2. The fourth-order valence-corrected chi connectivity index (χ4v) is 6.04. The fourth-order valence-electron chi connectivity index (χ4n) is 5.06. The molecule has 31 heavy (non-hydrogen) atoms. The van der Waals surface area contributed by atoms with E-state index in [0.29, 0.717) is 5.57 Å². The molecule has 1 saturated carbocycles. The van der Waals surface area contributed by atoms with Crippen molar-refractivity contribution in [1.82, 2.24) is 18.8 Å². The zero-order chi connectivity index (χ0) is 22.5. The number of likely N-dealkylation sites (tertiary alicyclic amines) is 1. The molecule has 0 spiro atoms. The maximum absolute atomic E-state index is 13.2. The first-order valence-corrected chi connectivity index (χ1v) is 10.3. The normalized spacial score (nSPS) is 32.0. The maximum Gasteiger partial charge on any atom is 0.347 e. The Morgan fingerprint density at radius 2 is 1.84 bits per heavy atom. The van der Waals surface area contributed by atoms with E-state index < -0.39 is 44.9 Å². The largest absolute Gasteiger partial charge is 0.463 e. The van der Waals surface area contributed by atoms with Gasteiger partial charge in [-0.25, -0.2) is 23.5 Å². The number of halogens is 2. The number of furan rings is 1. The zero-order valence-corrected chi connectivity index (χ0v) is 18.1. The van der Waals surface area contributed by atoms with E-state index in [9.17, 15) is 24.3 Å². The smallest absolute Gasteiger partial charge is 0.347 e. The number of aliphatic hydroxyl groups is 1. The molecule has 1 saturated heterocycles. The predicted molar refractivity (Wildman–Crippen MR) is 108 cm³/mol. The number of nitrogens with zero attached hydrogens (tertiary/aromatic N) is 4. The molecule has 0 aromatic carbocycles. The van der Waals surface area contributed by atoms with Crippen LogP contribution in [0.1, 0.15) is 29.9 Å². The van der Waals surface area contributed by atoms with Crippen molar-refractivity contribution in [2.45, 2.75) is 41.3 Å². The van der Waals surface area contributed by atoms with Gasteiger partial charge in [-0.2, -0.15) is 0 Å². The van der Waals surface area contributed by atoms with Gasteiger partial charge in [0.05, 0.1) is 18.5 Å². The second-order valence-corrected chi connectivity index (χ2v) is 9.29. The van der Waals surface area contributed by atoms with Crippen LogP contribution in [0.25, 0.3) is 0 Å². The Hall–Kier alpha value is -2.56. The van der Waals surface area contributed by atoms with Crippen LogP contribution < -0.4 is 11.4 Å². The van der Waals surface area contributed by atoms with Crippen LogP contribution in [0, 0.1) is 0 Å². The van der Waals surface area contributed by atoms with Crippen LogP contribution in [-0.4, -0.2) is 52.5 Å². The van der Waals surface area contributed by atoms with Crippen LogP contribution in [0.4, 0.5) is 0 Å². The highest BCUT2D eigenvalue weighted by Crippen LogP contribution is 2.63. The lowest BCUT2D eigenvalue weighted by molar-refractivity contribution is -0.137. The molecule has 5 rings (SSSR count). The van der Waals surface area contributed by atoms with Crippen LogP contribution >= 0.6 is 23.2 Å². The second-order valence-electron chi connectivity index (χ2n) is 8.05. The van der Waals surface area contributed by atoms with Crippen LogP contribution in [-0.2, 0) is 29.8 Å². The molecule has 10 nitrogen and oxygen atoms in total. The van der Waals surface area contributed by atoms with Gasteiger partial charge in [0.2, 0.25) is 0 Å². The second kappa shape index (κ2) is 6.24. The van der Waals surface area contributed by atoms with Crippen molar-refractivity contribution in [3.8, 4) is 0 Å². The number of rotatable bonds is 2. The number of aromatic nitrogens is 3. The van der Waals surface area contributed by atoms with Gasteiger partial charge in [0.15, 0.2) is 9.75 Å². The van der Waals surface area contributed by atoms with E-state index in [1.54, 1.807) is 12.1 Å². The molecule has 2 aliphatic heterocycles.